The number of nitrogens with zero attached hydrogens (tertiary/aromatic N) is 3. The van der Waals surface area contributed by atoms with Gasteiger partial charge in [-0.1, -0.05) is 18.2 Å². The number of rotatable bonds is 4. The second kappa shape index (κ2) is 6.66. The number of fused-ring (bicyclic) bond motifs is 1. The molecule has 9 nitrogen and oxygen atoms in total. The number of carboxylic acids is 1. The summed E-state index contributed by atoms with van der Waals surface area (Å²) in [6.07, 6.45) is -1.29. The number of carbonyl (C=O) groups excluding carboxylic acids is 1. The van der Waals surface area contributed by atoms with E-state index in [0.717, 1.165) is 10.4 Å². The van der Waals surface area contributed by atoms with Gasteiger partial charge in [0.2, 0.25) is 0 Å². The molecule has 3 rings (SSSR count). The summed E-state index contributed by atoms with van der Waals surface area (Å²) in [5.41, 5.74) is 1.07. The summed E-state index contributed by atoms with van der Waals surface area (Å²) in [6.45, 7) is 3.85. The highest BCUT2D eigenvalue weighted by Gasteiger charge is 2.40. The minimum absolute atomic E-state index is 0.0240. The average Bonchev–Trinajstić information content (AvgIpc) is 3.16. The number of nitrogens with one attached hydrogen (secondary N) is 1. The van der Waals surface area contributed by atoms with Gasteiger partial charge in [0, 0.05) is 30.4 Å². The molecule has 1 saturated heterocycles. The quantitative estimate of drug-likeness (QED) is 0.760. The van der Waals surface area contributed by atoms with Crippen molar-refractivity contribution in [3.8, 4) is 0 Å². The molecule has 1 aromatic heterocycles. The minimum atomic E-state index is -1.32. The second-order valence-electron chi connectivity index (χ2n) is 6.60. The van der Waals surface area contributed by atoms with Crippen molar-refractivity contribution < 1.29 is 24.6 Å². The molecule has 0 spiro atoms. The van der Waals surface area contributed by atoms with Crippen LogP contribution in [0.4, 0.5) is 4.79 Å². The fraction of sp³-hybridized carbons (Fsp3) is 0.412. The number of para-hydroxylation sites is 1. The summed E-state index contributed by atoms with van der Waals surface area (Å²) in [5, 5.41) is 26.1. The van der Waals surface area contributed by atoms with Crippen molar-refractivity contribution in [3.63, 3.8) is 0 Å². The maximum absolute atomic E-state index is 12.7. The summed E-state index contributed by atoms with van der Waals surface area (Å²) in [6, 6.07) is 5.67. The molecule has 0 bridgehead atoms. The molecule has 0 radical (unpaired) electrons. The third kappa shape index (κ3) is 3.07. The third-order valence-corrected chi connectivity index (χ3v) is 4.49. The van der Waals surface area contributed by atoms with Crippen LogP contribution in [0.5, 0.6) is 0 Å². The average molecular weight is 360 g/mol. The molecule has 2 aromatic rings. The van der Waals surface area contributed by atoms with Crippen LogP contribution in [0.3, 0.4) is 0 Å². The highest BCUT2D eigenvalue weighted by molar-refractivity contribution is 6.05. The number of carbonyl (C=O) groups is 3. The van der Waals surface area contributed by atoms with Gasteiger partial charge in [0.05, 0.1) is 5.52 Å². The Morgan fingerprint density at radius 1 is 1.23 bits per heavy atom. The first kappa shape index (κ1) is 17.7. The van der Waals surface area contributed by atoms with Gasteiger partial charge in [0.25, 0.3) is 5.91 Å². The molecule has 0 saturated carbocycles. The van der Waals surface area contributed by atoms with Crippen molar-refractivity contribution >= 4 is 28.9 Å². The maximum Gasteiger partial charge on any atom is 0.408 e. The number of hydrogen-bond donors (Lipinski definition) is 3. The lowest BCUT2D eigenvalue weighted by Gasteiger charge is -2.16. The lowest BCUT2D eigenvalue weighted by molar-refractivity contribution is -0.141. The lowest BCUT2D eigenvalue weighted by atomic mass is 10.1. The van der Waals surface area contributed by atoms with Gasteiger partial charge in [-0.15, -0.1) is 0 Å². The molecule has 9 heteroatoms. The number of aromatic nitrogens is 2. The number of amides is 2. The van der Waals surface area contributed by atoms with E-state index < -0.39 is 30.1 Å². The molecule has 2 amide bonds. The van der Waals surface area contributed by atoms with Crippen LogP contribution >= 0.6 is 0 Å². The molecule has 2 heterocycles. The predicted molar refractivity (Wildman–Crippen MR) is 92.1 cm³/mol. The molecule has 1 fully saturated rings. The Balaban J connectivity index is 1.84. The first-order valence-electron chi connectivity index (χ1n) is 8.30. The van der Waals surface area contributed by atoms with Gasteiger partial charge >= 0.3 is 12.1 Å². The normalized spacial score (nSPS) is 19.9. The number of benzene rings is 1. The largest absolute Gasteiger partial charge is 0.480 e. The molecular weight excluding hydrogens is 340 g/mol. The van der Waals surface area contributed by atoms with Gasteiger partial charge in [-0.05, 0) is 19.9 Å². The Labute approximate surface area is 149 Å². The molecule has 1 aromatic carbocycles. The smallest absolute Gasteiger partial charge is 0.408 e. The number of likely N-dealkylation sites (tertiary alicyclic amines) is 1. The molecule has 2 atom stereocenters. The lowest BCUT2D eigenvalue weighted by Crippen LogP contribution is -2.40. The van der Waals surface area contributed by atoms with Crippen LogP contribution in [0, 0.1) is 0 Å². The topological polar surface area (TPSA) is 125 Å². The van der Waals surface area contributed by atoms with E-state index in [1.54, 1.807) is 10.7 Å². The van der Waals surface area contributed by atoms with E-state index in [1.165, 1.54) is 0 Å². The van der Waals surface area contributed by atoms with E-state index in [9.17, 15) is 19.5 Å². The fourth-order valence-corrected chi connectivity index (χ4v) is 3.29. The monoisotopic (exact) mass is 360 g/mol. The highest BCUT2D eigenvalue weighted by atomic mass is 16.4. The van der Waals surface area contributed by atoms with E-state index in [0.29, 0.717) is 5.39 Å². The van der Waals surface area contributed by atoms with Crippen LogP contribution in [0.2, 0.25) is 0 Å². The zero-order valence-corrected chi connectivity index (χ0v) is 14.4. The Morgan fingerprint density at radius 3 is 2.50 bits per heavy atom. The van der Waals surface area contributed by atoms with Crippen molar-refractivity contribution in [2.24, 2.45) is 0 Å². The molecule has 0 unspecified atom stereocenters. The SMILES string of the molecule is CC(C)n1nc(C(=O)N[C@H]2C[C@@H](C(=O)O)N(C(=O)O)C2)c2ccccc21. The van der Waals surface area contributed by atoms with Crippen LogP contribution in [0.1, 0.15) is 36.8 Å². The van der Waals surface area contributed by atoms with E-state index >= 15 is 0 Å². The Hall–Kier alpha value is -3.10. The molecule has 26 heavy (non-hydrogen) atoms. The van der Waals surface area contributed by atoms with Gasteiger partial charge in [0.15, 0.2) is 5.69 Å². The van der Waals surface area contributed by atoms with Crippen LogP contribution in [0.25, 0.3) is 10.9 Å². The highest BCUT2D eigenvalue weighted by Crippen LogP contribution is 2.23. The van der Waals surface area contributed by atoms with Gasteiger partial charge < -0.3 is 15.5 Å². The minimum Gasteiger partial charge on any atom is -0.480 e. The molecule has 1 aliphatic rings. The summed E-state index contributed by atoms with van der Waals surface area (Å²) in [5.74, 6) is -1.67. The van der Waals surface area contributed by atoms with Crippen molar-refractivity contribution in [3.05, 3.63) is 30.0 Å². The Kier molecular flexibility index (Phi) is 4.54. The fourth-order valence-electron chi connectivity index (χ4n) is 3.29. The van der Waals surface area contributed by atoms with Crippen LogP contribution < -0.4 is 5.32 Å². The van der Waals surface area contributed by atoms with Crippen LogP contribution in [-0.4, -0.2) is 61.5 Å². The Morgan fingerprint density at radius 2 is 1.92 bits per heavy atom. The first-order chi connectivity index (χ1) is 12.3. The summed E-state index contributed by atoms with van der Waals surface area (Å²) < 4.78 is 1.75. The second-order valence-corrected chi connectivity index (χ2v) is 6.60. The number of aliphatic carboxylic acids is 1. The van der Waals surface area contributed by atoms with Crippen LogP contribution in [-0.2, 0) is 4.79 Å². The van der Waals surface area contributed by atoms with E-state index in [2.05, 4.69) is 10.4 Å². The van der Waals surface area contributed by atoms with Crippen molar-refractivity contribution in [1.82, 2.24) is 20.0 Å². The molecule has 3 N–H and O–H groups in total. The van der Waals surface area contributed by atoms with E-state index in [1.807, 2.05) is 32.0 Å². The summed E-state index contributed by atoms with van der Waals surface area (Å²) in [7, 11) is 0. The zero-order valence-electron chi connectivity index (χ0n) is 14.4. The maximum atomic E-state index is 12.7. The van der Waals surface area contributed by atoms with Gasteiger partial charge in [-0.3, -0.25) is 14.4 Å². The predicted octanol–water partition coefficient (Wildman–Crippen LogP) is 1.55. The first-order valence-corrected chi connectivity index (χ1v) is 8.30. The third-order valence-electron chi connectivity index (χ3n) is 4.49. The summed E-state index contributed by atoms with van der Waals surface area (Å²) >= 11 is 0. The zero-order chi connectivity index (χ0) is 19.0. The van der Waals surface area contributed by atoms with Crippen molar-refractivity contribution in [2.45, 2.75) is 38.4 Å². The number of hydrogen-bond acceptors (Lipinski definition) is 4. The van der Waals surface area contributed by atoms with E-state index in [4.69, 9.17) is 5.11 Å². The molecule has 138 valence electrons. The van der Waals surface area contributed by atoms with Crippen LogP contribution in [0.15, 0.2) is 24.3 Å². The standard InChI is InChI=1S/C17H20N4O5/c1-9(2)21-12-6-4-3-5-11(12)14(19-21)15(22)18-10-7-13(16(23)24)20(8-10)17(25)26/h3-6,9-10,13H,7-8H2,1-2H3,(H,18,22)(H,23,24)(H,25,26)/t10-,13-/m0/s1. The van der Waals surface area contributed by atoms with Gasteiger partial charge in [-0.25, -0.2) is 9.59 Å². The number of carboxylic acid groups (broad SMARTS) is 2. The van der Waals surface area contributed by atoms with E-state index in [-0.39, 0.29) is 24.7 Å². The Bertz CT molecular complexity index is 853. The van der Waals surface area contributed by atoms with Gasteiger partial charge in [0.1, 0.15) is 6.04 Å². The van der Waals surface area contributed by atoms with Crippen molar-refractivity contribution in [1.29, 1.82) is 0 Å². The molecule has 1 aliphatic heterocycles. The summed E-state index contributed by atoms with van der Waals surface area (Å²) in [4.78, 5) is 36.0. The van der Waals surface area contributed by atoms with Crippen molar-refractivity contribution in [2.75, 3.05) is 6.54 Å². The molecule has 0 aliphatic carbocycles. The molecular formula is C17H20N4O5. The van der Waals surface area contributed by atoms with Gasteiger partial charge in [-0.2, -0.15) is 5.10 Å².